The maximum Gasteiger partial charge on any atom is 0.269 e. The number of aliphatic hydroxyl groups is 1. The van der Waals surface area contributed by atoms with E-state index in [0.717, 1.165) is 0 Å². The molecule has 1 aliphatic heterocycles. The van der Waals surface area contributed by atoms with E-state index >= 15 is 0 Å². The van der Waals surface area contributed by atoms with Crippen LogP contribution in [0, 0.1) is 5.82 Å². The highest BCUT2D eigenvalue weighted by Crippen LogP contribution is 2.45. The normalized spacial score (nSPS) is 17.9. The van der Waals surface area contributed by atoms with Crippen LogP contribution in [0.5, 0.6) is 5.75 Å². The van der Waals surface area contributed by atoms with Gasteiger partial charge in [0, 0.05) is 36.6 Å². The molecule has 0 saturated carbocycles. The van der Waals surface area contributed by atoms with Crippen molar-refractivity contribution < 1.29 is 23.8 Å². The van der Waals surface area contributed by atoms with Crippen molar-refractivity contribution in [2.24, 2.45) is 12.8 Å². The Morgan fingerprint density at radius 1 is 1.29 bits per heavy atom. The molecule has 12 heteroatoms. The monoisotopic (exact) mass is 519 g/mol. The zero-order valence-electron chi connectivity index (χ0n) is 21.0. The van der Waals surface area contributed by atoms with Crippen molar-refractivity contribution in [1.82, 2.24) is 29.9 Å². The molecule has 3 aromatic heterocycles. The smallest absolute Gasteiger partial charge is 0.269 e. The molecule has 196 valence electrons. The van der Waals surface area contributed by atoms with Crippen LogP contribution < -0.4 is 15.8 Å². The molecule has 4 N–H and O–H groups in total. The van der Waals surface area contributed by atoms with Gasteiger partial charge in [0.15, 0.2) is 5.82 Å². The Morgan fingerprint density at radius 3 is 2.68 bits per heavy atom. The van der Waals surface area contributed by atoms with Crippen molar-refractivity contribution >= 4 is 11.8 Å². The van der Waals surface area contributed by atoms with E-state index in [4.69, 9.17) is 10.5 Å². The number of carbonyl (C=O) groups is 2. The highest BCUT2D eigenvalue weighted by Gasteiger charge is 2.45. The molecule has 1 aromatic carbocycles. The van der Waals surface area contributed by atoms with Crippen LogP contribution in [0.25, 0.3) is 17.1 Å². The van der Waals surface area contributed by atoms with Gasteiger partial charge in [0.25, 0.3) is 5.91 Å². The van der Waals surface area contributed by atoms with E-state index in [2.05, 4.69) is 20.5 Å². The number of benzene rings is 1. The highest BCUT2D eigenvalue weighted by atomic mass is 19.1. The van der Waals surface area contributed by atoms with E-state index in [1.165, 1.54) is 40.6 Å². The molecule has 2 atom stereocenters. The number of hydrogen-bond acceptors (Lipinski definition) is 7. The first-order valence-electron chi connectivity index (χ1n) is 11.8. The summed E-state index contributed by atoms with van der Waals surface area (Å²) >= 11 is 0. The van der Waals surface area contributed by atoms with Crippen molar-refractivity contribution in [3.8, 4) is 22.8 Å². The third-order valence-corrected chi connectivity index (χ3v) is 6.72. The molecule has 5 rings (SSSR count). The van der Waals surface area contributed by atoms with Crippen molar-refractivity contribution in [1.29, 1.82) is 0 Å². The maximum absolute atomic E-state index is 13.6. The van der Waals surface area contributed by atoms with Crippen LogP contribution in [-0.4, -0.2) is 54.6 Å². The molecule has 38 heavy (non-hydrogen) atoms. The van der Waals surface area contributed by atoms with Gasteiger partial charge < -0.3 is 20.9 Å². The quantitative estimate of drug-likeness (QED) is 0.335. The Hall–Kier alpha value is -4.58. The number of aryl methyl sites for hydroxylation is 1. The number of primary amides is 1. The molecule has 4 heterocycles. The molecular formula is C26H26FN7O4. The third-order valence-electron chi connectivity index (χ3n) is 6.72. The lowest BCUT2D eigenvalue weighted by Gasteiger charge is -2.26. The largest absolute Gasteiger partial charge is 0.489 e. The van der Waals surface area contributed by atoms with Gasteiger partial charge in [-0.25, -0.2) is 14.1 Å². The van der Waals surface area contributed by atoms with Crippen LogP contribution >= 0.6 is 0 Å². The standard InChI is InChI=1S/C26H26FN7O4/c1-25(24(28)36)14-38-22-17(25)11-19(31-21(22)15-5-7-16(27)8-6-15)26(2,37)13-29-23(35)18-12-20(32-33(18)3)34-10-4-9-30-34/h4-12,37H,13-14H2,1-3H3,(H2,28,36)(H,29,35). The van der Waals surface area contributed by atoms with Crippen molar-refractivity contribution in [2.75, 3.05) is 13.2 Å². The Labute approximate surface area is 217 Å². The fourth-order valence-corrected chi connectivity index (χ4v) is 4.28. The minimum absolute atomic E-state index is 0.00501. The summed E-state index contributed by atoms with van der Waals surface area (Å²) in [5, 5.41) is 22.6. The molecule has 4 aromatic rings. The van der Waals surface area contributed by atoms with Crippen LogP contribution in [0.3, 0.4) is 0 Å². The van der Waals surface area contributed by atoms with Crippen LogP contribution in [0.2, 0.25) is 0 Å². The van der Waals surface area contributed by atoms with Gasteiger partial charge in [-0.05, 0) is 50.2 Å². The van der Waals surface area contributed by atoms with E-state index in [-0.39, 0.29) is 24.5 Å². The van der Waals surface area contributed by atoms with Gasteiger partial charge in [0.2, 0.25) is 5.91 Å². The lowest BCUT2D eigenvalue weighted by atomic mass is 9.82. The van der Waals surface area contributed by atoms with Crippen molar-refractivity contribution in [3.63, 3.8) is 0 Å². The summed E-state index contributed by atoms with van der Waals surface area (Å²) in [5.74, 6) is -0.698. The second-order valence-electron chi connectivity index (χ2n) is 9.64. The summed E-state index contributed by atoms with van der Waals surface area (Å²) in [6, 6.07) is 10.5. The number of rotatable bonds is 7. The third kappa shape index (κ3) is 4.28. The molecule has 0 saturated heterocycles. The molecule has 0 bridgehead atoms. The number of carbonyl (C=O) groups excluding carboxylic acids is 2. The number of halogens is 1. The number of hydrogen-bond donors (Lipinski definition) is 3. The molecule has 2 amide bonds. The minimum atomic E-state index is -1.66. The lowest BCUT2D eigenvalue weighted by molar-refractivity contribution is -0.123. The number of amides is 2. The topological polar surface area (TPSA) is 150 Å². The van der Waals surface area contributed by atoms with E-state index in [1.807, 2.05) is 0 Å². The fourth-order valence-electron chi connectivity index (χ4n) is 4.28. The molecule has 0 spiro atoms. The van der Waals surface area contributed by atoms with Crippen LogP contribution in [0.4, 0.5) is 4.39 Å². The number of ether oxygens (including phenoxy) is 1. The molecule has 0 aliphatic carbocycles. The molecule has 0 radical (unpaired) electrons. The van der Waals surface area contributed by atoms with Gasteiger partial charge in [-0.1, -0.05) is 0 Å². The minimum Gasteiger partial charge on any atom is -0.489 e. The number of nitrogens with two attached hydrogens (primary N) is 1. The van der Waals surface area contributed by atoms with Crippen LogP contribution in [-0.2, 0) is 22.9 Å². The average Bonchev–Trinajstić information content (AvgIpc) is 3.62. The van der Waals surface area contributed by atoms with Gasteiger partial charge in [0.05, 0.1) is 12.2 Å². The van der Waals surface area contributed by atoms with Crippen LogP contribution in [0.1, 0.15) is 35.6 Å². The van der Waals surface area contributed by atoms with E-state index in [1.54, 1.807) is 44.6 Å². The highest BCUT2D eigenvalue weighted by molar-refractivity contribution is 5.93. The molecule has 0 fully saturated rings. The maximum atomic E-state index is 13.6. The number of fused-ring (bicyclic) bond motifs is 1. The summed E-state index contributed by atoms with van der Waals surface area (Å²) in [6.07, 6.45) is 3.31. The van der Waals surface area contributed by atoms with Gasteiger partial charge in [-0.2, -0.15) is 10.2 Å². The van der Waals surface area contributed by atoms with Gasteiger partial charge in [-0.3, -0.25) is 14.3 Å². The summed E-state index contributed by atoms with van der Waals surface area (Å²) < 4.78 is 22.4. The van der Waals surface area contributed by atoms with Crippen LogP contribution in [0.15, 0.2) is 54.9 Å². The zero-order chi connectivity index (χ0) is 27.2. The predicted molar refractivity (Wildman–Crippen MR) is 134 cm³/mol. The van der Waals surface area contributed by atoms with E-state index in [9.17, 15) is 19.1 Å². The summed E-state index contributed by atoms with van der Waals surface area (Å²) in [5.41, 5.74) is 4.62. The van der Waals surface area contributed by atoms with E-state index < -0.39 is 28.6 Å². The van der Waals surface area contributed by atoms with Gasteiger partial charge in [-0.15, -0.1) is 0 Å². The first kappa shape index (κ1) is 25.1. The second-order valence-corrected chi connectivity index (χ2v) is 9.64. The summed E-state index contributed by atoms with van der Waals surface area (Å²) in [4.78, 5) is 30.0. The van der Waals surface area contributed by atoms with Gasteiger partial charge in [0.1, 0.15) is 40.6 Å². The van der Waals surface area contributed by atoms with Crippen molar-refractivity contribution in [3.05, 3.63) is 77.6 Å². The summed E-state index contributed by atoms with van der Waals surface area (Å²) in [6.45, 7) is 2.92. The molecule has 2 unspecified atom stereocenters. The second kappa shape index (κ2) is 9.06. The average molecular weight is 520 g/mol. The first-order chi connectivity index (χ1) is 18.0. The number of aromatic nitrogens is 5. The Bertz CT molecular complexity index is 1530. The molecule has 11 nitrogen and oxygen atoms in total. The number of nitrogens with one attached hydrogen (secondary N) is 1. The van der Waals surface area contributed by atoms with Gasteiger partial charge >= 0.3 is 0 Å². The lowest BCUT2D eigenvalue weighted by Crippen LogP contribution is -2.41. The van der Waals surface area contributed by atoms with Crippen molar-refractivity contribution in [2.45, 2.75) is 24.9 Å². The Morgan fingerprint density at radius 2 is 2.03 bits per heavy atom. The van der Waals surface area contributed by atoms with E-state index in [0.29, 0.717) is 28.4 Å². The number of nitrogens with zero attached hydrogens (tertiary/aromatic N) is 5. The Kier molecular flexibility index (Phi) is 5.98. The first-order valence-corrected chi connectivity index (χ1v) is 11.8. The Balaban J connectivity index is 1.47. The molecular weight excluding hydrogens is 493 g/mol. The predicted octanol–water partition coefficient (Wildman–Crippen LogP) is 1.58. The summed E-state index contributed by atoms with van der Waals surface area (Å²) in [7, 11) is 1.63. The molecule has 1 aliphatic rings. The SMILES string of the molecule is Cn1nc(-n2cccn2)cc1C(=O)NCC(C)(O)c1cc2c(c(-c3ccc(F)cc3)n1)OCC2(C)C(N)=O. The fraction of sp³-hybridized carbons (Fsp3) is 0.269. The number of pyridine rings is 1. The zero-order valence-corrected chi connectivity index (χ0v) is 21.0.